The molecular formula is C34H54O2. The quantitative estimate of drug-likeness (QED) is 0.161. The highest BCUT2D eigenvalue weighted by Crippen LogP contribution is 2.25. The first kappa shape index (κ1) is 30.3. The van der Waals surface area contributed by atoms with Gasteiger partial charge < -0.3 is 9.47 Å². The van der Waals surface area contributed by atoms with Gasteiger partial charge in [-0.3, -0.25) is 0 Å². The Morgan fingerprint density at radius 1 is 0.500 bits per heavy atom. The molecule has 202 valence electrons. The Morgan fingerprint density at radius 3 is 1.47 bits per heavy atom. The fourth-order valence-corrected chi connectivity index (χ4v) is 4.66. The van der Waals surface area contributed by atoms with Crippen molar-refractivity contribution in [1.82, 2.24) is 0 Å². The van der Waals surface area contributed by atoms with E-state index in [1.165, 1.54) is 88.2 Å². The molecule has 0 saturated carbocycles. The minimum Gasteiger partial charge on any atom is -0.494 e. The zero-order chi connectivity index (χ0) is 25.8. The molecule has 1 atom stereocenters. The summed E-state index contributed by atoms with van der Waals surface area (Å²) in [6.07, 6.45) is 18.6. The number of unbranched alkanes of at least 4 members (excludes halogenated alkanes) is 9. The fourth-order valence-electron chi connectivity index (χ4n) is 4.66. The summed E-state index contributed by atoms with van der Waals surface area (Å²) in [6.45, 7) is 10.9. The number of ether oxygens (including phenoxy) is 2. The highest BCUT2D eigenvalue weighted by molar-refractivity contribution is 5.64. The van der Waals surface area contributed by atoms with E-state index in [4.69, 9.17) is 9.47 Å². The standard InChI is InChI=1S/C34H54O2/c1-5-6-7-8-9-10-11-12-13-14-27-35-33-22-18-31(19-23-33)32-20-24-34(25-21-32)36-28-26-30(4)17-15-16-29(2)3/h18-25,29-30H,5-17,26-28H2,1-4H3. The summed E-state index contributed by atoms with van der Waals surface area (Å²) in [5, 5.41) is 0. The number of benzene rings is 2. The van der Waals surface area contributed by atoms with E-state index in [1.807, 2.05) is 0 Å². The summed E-state index contributed by atoms with van der Waals surface area (Å²) < 4.78 is 12.0. The molecule has 0 aliphatic rings. The molecule has 0 radical (unpaired) electrons. The molecule has 36 heavy (non-hydrogen) atoms. The summed E-state index contributed by atoms with van der Waals surface area (Å²) in [4.78, 5) is 0. The van der Waals surface area contributed by atoms with Crippen LogP contribution in [-0.4, -0.2) is 13.2 Å². The van der Waals surface area contributed by atoms with Crippen LogP contribution in [0.1, 0.15) is 118 Å². The molecule has 0 N–H and O–H groups in total. The minimum atomic E-state index is 0.730. The molecular weight excluding hydrogens is 440 g/mol. The van der Waals surface area contributed by atoms with Crippen LogP contribution in [0.4, 0.5) is 0 Å². The highest BCUT2D eigenvalue weighted by Gasteiger charge is 2.05. The second-order valence-electron chi connectivity index (χ2n) is 11.1. The lowest BCUT2D eigenvalue weighted by molar-refractivity contribution is 0.276. The Labute approximate surface area is 223 Å². The zero-order valence-corrected chi connectivity index (χ0v) is 23.9. The molecule has 0 saturated heterocycles. The van der Waals surface area contributed by atoms with E-state index < -0.39 is 0 Å². The molecule has 1 unspecified atom stereocenters. The predicted molar refractivity (Wildman–Crippen MR) is 157 cm³/mol. The van der Waals surface area contributed by atoms with Crippen LogP contribution < -0.4 is 9.47 Å². The molecule has 2 rings (SSSR count). The highest BCUT2D eigenvalue weighted by atomic mass is 16.5. The van der Waals surface area contributed by atoms with Crippen LogP contribution in [0.15, 0.2) is 48.5 Å². The van der Waals surface area contributed by atoms with Crippen molar-refractivity contribution in [1.29, 1.82) is 0 Å². The van der Waals surface area contributed by atoms with Crippen LogP contribution in [0, 0.1) is 11.8 Å². The van der Waals surface area contributed by atoms with Gasteiger partial charge in [0.2, 0.25) is 0 Å². The van der Waals surface area contributed by atoms with Gasteiger partial charge in [-0.05, 0) is 60.1 Å². The molecule has 0 fully saturated rings. The van der Waals surface area contributed by atoms with Crippen LogP contribution in [0.2, 0.25) is 0 Å². The summed E-state index contributed by atoms with van der Waals surface area (Å²) in [5.74, 6) is 3.47. The van der Waals surface area contributed by atoms with E-state index in [0.29, 0.717) is 0 Å². The Kier molecular flexibility index (Phi) is 16.1. The molecule has 0 bridgehead atoms. The van der Waals surface area contributed by atoms with Crippen molar-refractivity contribution < 1.29 is 9.47 Å². The average Bonchev–Trinajstić information content (AvgIpc) is 2.88. The Bertz CT molecular complexity index is 763. The number of hydrogen-bond donors (Lipinski definition) is 0. The van der Waals surface area contributed by atoms with Gasteiger partial charge in [0.1, 0.15) is 11.5 Å². The average molecular weight is 495 g/mol. The van der Waals surface area contributed by atoms with Crippen LogP contribution >= 0.6 is 0 Å². The van der Waals surface area contributed by atoms with E-state index >= 15 is 0 Å². The second-order valence-corrected chi connectivity index (χ2v) is 11.1. The molecule has 2 aromatic carbocycles. The van der Waals surface area contributed by atoms with Crippen molar-refractivity contribution in [2.24, 2.45) is 11.8 Å². The van der Waals surface area contributed by atoms with Gasteiger partial charge in [-0.1, -0.05) is 129 Å². The normalized spacial score (nSPS) is 12.1. The Balaban J connectivity index is 1.58. The largest absolute Gasteiger partial charge is 0.494 e. The monoisotopic (exact) mass is 494 g/mol. The third-order valence-electron chi connectivity index (χ3n) is 7.17. The van der Waals surface area contributed by atoms with Gasteiger partial charge in [-0.2, -0.15) is 0 Å². The lowest BCUT2D eigenvalue weighted by atomic mass is 9.98. The van der Waals surface area contributed by atoms with Crippen molar-refractivity contribution in [2.45, 2.75) is 118 Å². The van der Waals surface area contributed by atoms with E-state index in [1.54, 1.807) is 0 Å². The predicted octanol–water partition coefficient (Wildman–Crippen LogP) is 10.9. The molecule has 2 heteroatoms. The smallest absolute Gasteiger partial charge is 0.119 e. The molecule has 0 aliphatic heterocycles. The van der Waals surface area contributed by atoms with Crippen LogP contribution in [-0.2, 0) is 0 Å². The fraction of sp³-hybridized carbons (Fsp3) is 0.647. The molecule has 0 spiro atoms. The molecule has 2 nitrogen and oxygen atoms in total. The second kappa shape index (κ2) is 19.2. The first-order valence-electron chi connectivity index (χ1n) is 15.0. The van der Waals surface area contributed by atoms with Gasteiger partial charge in [-0.25, -0.2) is 0 Å². The van der Waals surface area contributed by atoms with Crippen molar-refractivity contribution in [3.63, 3.8) is 0 Å². The maximum absolute atomic E-state index is 6.00. The first-order valence-corrected chi connectivity index (χ1v) is 15.0. The van der Waals surface area contributed by atoms with Gasteiger partial charge >= 0.3 is 0 Å². The maximum Gasteiger partial charge on any atom is 0.119 e. The summed E-state index contributed by atoms with van der Waals surface area (Å²) in [7, 11) is 0. The molecule has 0 heterocycles. The summed E-state index contributed by atoms with van der Waals surface area (Å²) in [6, 6.07) is 17.0. The van der Waals surface area contributed by atoms with E-state index in [-0.39, 0.29) is 0 Å². The van der Waals surface area contributed by atoms with Crippen LogP contribution in [0.3, 0.4) is 0 Å². The minimum absolute atomic E-state index is 0.730. The number of rotatable bonds is 21. The van der Waals surface area contributed by atoms with Crippen molar-refractivity contribution in [2.75, 3.05) is 13.2 Å². The summed E-state index contributed by atoms with van der Waals surface area (Å²) >= 11 is 0. The lowest BCUT2D eigenvalue weighted by Crippen LogP contribution is -2.04. The SMILES string of the molecule is CCCCCCCCCCCCOc1ccc(-c2ccc(OCCC(C)CCCC(C)C)cc2)cc1. The molecule has 2 aromatic rings. The first-order chi connectivity index (χ1) is 17.6. The third kappa shape index (κ3) is 14.0. The lowest BCUT2D eigenvalue weighted by Gasteiger charge is -2.13. The van der Waals surface area contributed by atoms with Crippen LogP contribution in [0.5, 0.6) is 11.5 Å². The maximum atomic E-state index is 6.00. The Hall–Kier alpha value is -1.96. The molecule has 0 aliphatic carbocycles. The van der Waals surface area contributed by atoms with E-state index in [2.05, 4.69) is 76.2 Å². The van der Waals surface area contributed by atoms with E-state index in [9.17, 15) is 0 Å². The summed E-state index contributed by atoms with van der Waals surface area (Å²) in [5.41, 5.74) is 2.43. The number of hydrogen-bond acceptors (Lipinski definition) is 2. The molecule has 0 aromatic heterocycles. The molecule has 0 amide bonds. The van der Waals surface area contributed by atoms with Gasteiger partial charge in [0.15, 0.2) is 0 Å². The van der Waals surface area contributed by atoms with Gasteiger partial charge in [0, 0.05) is 0 Å². The van der Waals surface area contributed by atoms with Crippen molar-refractivity contribution in [3.05, 3.63) is 48.5 Å². The third-order valence-corrected chi connectivity index (χ3v) is 7.17. The van der Waals surface area contributed by atoms with Gasteiger partial charge in [0.25, 0.3) is 0 Å². The van der Waals surface area contributed by atoms with Crippen molar-refractivity contribution >= 4 is 0 Å². The zero-order valence-electron chi connectivity index (χ0n) is 23.9. The van der Waals surface area contributed by atoms with E-state index in [0.717, 1.165) is 49.4 Å². The van der Waals surface area contributed by atoms with Crippen molar-refractivity contribution in [3.8, 4) is 22.6 Å². The van der Waals surface area contributed by atoms with Gasteiger partial charge in [-0.15, -0.1) is 0 Å². The Morgan fingerprint density at radius 2 is 0.972 bits per heavy atom. The van der Waals surface area contributed by atoms with Crippen LogP contribution in [0.25, 0.3) is 11.1 Å². The van der Waals surface area contributed by atoms with Gasteiger partial charge in [0.05, 0.1) is 13.2 Å². The topological polar surface area (TPSA) is 18.5 Å².